The summed E-state index contributed by atoms with van der Waals surface area (Å²) < 4.78 is 20.8. The summed E-state index contributed by atoms with van der Waals surface area (Å²) in [5.41, 5.74) is 0.264. The minimum Gasteiger partial charge on any atom is -0.493 e. The van der Waals surface area contributed by atoms with Crippen molar-refractivity contribution in [2.45, 2.75) is 6.92 Å². The van der Waals surface area contributed by atoms with Crippen LogP contribution in [0.5, 0.6) is 17.2 Å². The van der Waals surface area contributed by atoms with Gasteiger partial charge in [0, 0.05) is 18.6 Å². The average Bonchev–Trinajstić information content (AvgIpc) is 3.08. The molecule has 0 bridgehead atoms. The minimum atomic E-state index is -0.755. The van der Waals surface area contributed by atoms with Crippen LogP contribution in [0.2, 0.25) is 5.02 Å². The van der Waals surface area contributed by atoms with Crippen molar-refractivity contribution in [1.82, 2.24) is 0 Å². The Morgan fingerprint density at radius 3 is 2.39 bits per heavy atom. The van der Waals surface area contributed by atoms with Crippen LogP contribution >= 0.6 is 11.6 Å². The Balaban J connectivity index is 2.01. The molecule has 160 valence electrons. The van der Waals surface area contributed by atoms with Crippen LogP contribution in [0.4, 0.5) is 5.69 Å². The Hall–Kier alpha value is -3.92. The summed E-state index contributed by atoms with van der Waals surface area (Å²) in [4.78, 5) is 38.2. The number of nitro benzene ring substituents is 1. The van der Waals surface area contributed by atoms with Crippen molar-refractivity contribution in [3.63, 3.8) is 0 Å². The maximum atomic E-state index is 12.3. The molecule has 11 heteroatoms. The second-order valence-electron chi connectivity index (χ2n) is 6.11. The third-order valence-electron chi connectivity index (χ3n) is 4.04. The zero-order valence-corrected chi connectivity index (χ0v) is 17.3. The molecule has 31 heavy (non-hydrogen) atoms. The highest BCUT2D eigenvalue weighted by Crippen LogP contribution is 2.39. The molecule has 0 saturated heterocycles. The number of hydrogen-bond donors (Lipinski definition) is 0. The number of ether oxygens (including phenoxy) is 4. The molecular weight excluding hydrogens is 432 g/mol. The van der Waals surface area contributed by atoms with Crippen LogP contribution < -0.4 is 14.2 Å². The lowest BCUT2D eigenvalue weighted by atomic mass is 10.1. The molecule has 2 aromatic rings. The molecule has 0 N–H and O–H groups in total. The number of halogens is 1. The first-order valence-corrected chi connectivity index (χ1v) is 9.02. The summed E-state index contributed by atoms with van der Waals surface area (Å²) in [6.07, 6.45) is 1.41. The van der Waals surface area contributed by atoms with E-state index in [-0.39, 0.29) is 45.1 Å². The first-order valence-electron chi connectivity index (χ1n) is 8.64. The number of cyclic esters (lactones) is 1. The smallest absolute Gasteiger partial charge is 0.363 e. The number of nitro groups is 1. The molecule has 0 amide bonds. The van der Waals surface area contributed by atoms with Crippen LogP contribution in [-0.2, 0) is 14.3 Å². The fourth-order valence-electron chi connectivity index (χ4n) is 2.70. The summed E-state index contributed by atoms with van der Waals surface area (Å²) in [6, 6.07) is 6.96. The first kappa shape index (κ1) is 21.8. The molecule has 3 rings (SSSR count). The Morgan fingerprint density at radius 2 is 1.84 bits per heavy atom. The van der Waals surface area contributed by atoms with Gasteiger partial charge in [-0.05, 0) is 35.9 Å². The average molecular weight is 447 g/mol. The van der Waals surface area contributed by atoms with Crippen LogP contribution in [0.15, 0.2) is 41.0 Å². The molecular formula is C20H15ClN2O8. The van der Waals surface area contributed by atoms with Gasteiger partial charge in [-0.3, -0.25) is 14.9 Å². The Kier molecular flexibility index (Phi) is 6.21. The number of esters is 2. The molecule has 0 aromatic heterocycles. The molecule has 1 aliphatic rings. The van der Waals surface area contributed by atoms with Gasteiger partial charge < -0.3 is 18.9 Å². The van der Waals surface area contributed by atoms with Crippen molar-refractivity contribution in [1.29, 1.82) is 0 Å². The fraction of sp³-hybridized carbons (Fsp3) is 0.150. The molecule has 2 aromatic carbocycles. The van der Waals surface area contributed by atoms with E-state index in [9.17, 15) is 19.7 Å². The number of carbonyl (C=O) groups is 2. The maximum Gasteiger partial charge on any atom is 0.363 e. The van der Waals surface area contributed by atoms with E-state index in [1.54, 1.807) is 0 Å². The zero-order valence-electron chi connectivity index (χ0n) is 16.5. The van der Waals surface area contributed by atoms with E-state index in [0.29, 0.717) is 5.56 Å². The highest BCUT2D eigenvalue weighted by atomic mass is 35.5. The van der Waals surface area contributed by atoms with Crippen molar-refractivity contribution >= 4 is 41.2 Å². The van der Waals surface area contributed by atoms with Crippen LogP contribution in [0.25, 0.3) is 6.08 Å². The molecule has 0 fully saturated rings. The van der Waals surface area contributed by atoms with Gasteiger partial charge in [-0.1, -0.05) is 11.6 Å². The molecule has 1 aliphatic heterocycles. The molecule has 1 heterocycles. The van der Waals surface area contributed by atoms with Gasteiger partial charge in [-0.2, -0.15) is 0 Å². The summed E-state index contributed by atoms with van der Waals surface area (Å²) >= 11 is 5.81. The summed E-state index contributed by atoms with van der Waals surface area (Å²) in [5.74, 6) is -0.934. The van der Waals surface area contributed by atoms with Gasteiger partial charge in [0.2, 0.25) is 11.6 Å². The first-order chi connectivity index (χ1) is 14.7. The number of methoxy groups -OCH3 is 2. The van der Waals surface area contributed by atoms with Gasteiger partial charge in [-0.25, -0.2) is 9.79 Å². The van der Waals surface area contributed by atoms with Crippen LogP contribution in [-0.4, -0.2) is 37.0 Å². The lowest BCUT2D eigenvalue weighted by molar-refractivity contribution is -0.384. The summed E-state index contributed by atoms with van der Waals surface area (Å²) in [5, 5.41) is 11.0. The second kappa shape index (κ2) is 8.84. The molecule has 0 aliphatic carbocycles. The van der Waals surface area contributed by atoms with Gasteiger partial charge in [-0.15, -0.1) is 0 Å². The van der Waals surface area contributed by atoms with Gasteiger partial charge in [0.1, 0.15) is 5.02 Å². The predicted octanol–water partition coefficient (Wildman–Crippen LogP) is 3.54. The highest BCUT2D eigenvalue weighted by Gasteiger charge is 2.26. The summed E-state index contributed by atoms with van der Waals surface area (Å²) in [6.45, 7) is 1.24. The van der Waals surface area contributed by atoms with Crippen molar-refractivity contribution in [2.75, 3.05) is 14.2 Å². The largest absolute Gasteiger partial charge is 0.493 e. The van der Waals surface area contributed by atoms with E-state index in [1.807, 2.05) is 0 Å². The van der Waals surface area contributed by atoms with Crippen molar-refractivity contribution in [3.8, 4) is 17.2 Å². The Morgan fingerprint density at radius 1 is 1.19 bits per heavy atom. The number of benzene rings is 2. The molecule has 10 nitrogen and oxygen atoms in total. The van der Waals surface area contributed by atoms with Crippen molar-refractivity contribution in [3.05, 3.63) is 62.3 Å². The quantitative estimate of drug-likeness (QED) is 0.217. The standard InChI is InChI=1S/C20H15ClN2O8/c1-10(24)30-18-16(28-2)7-11(8-17(18)29-3)6-14-20(25)31-19(22-14)12-4-5-13(21)15(9-12)23(26)27/h4-9H,1-3H3/b14-6-. The van der Waals surface area contributed by atoms with E-state index >= 15 is 0 Å². The molecule has 0 saturated carbocycles. The fourth-order valence-corrected chi connectivity index (χ4v) is 2.89. The third-order valence-corrected chi connectivity index (χ3v) is 4.36. The maximum absolute atomic E-state index is 12.3. The number of nitrogens with zero attached hydrogens (tertiary/aromatic N) is 2. The van der Waals surface area contributed by atoms with Crippen molar-refractivity contribution in [2.24, 2.45) is 4.99 Å². The minimum absolute atomic E-state index is 0.0542. The van der Waals surface area contributed by atoms with E-state index < -0.39 is 16.9 Å². The lowest BCUT2D eigenvalue weighted by Gasteiger charge is -2.13. The van der Waals surface area contributed by atoms with Gasteiger partial charge in [0.05, 0.1) is 19.1 Å². The van der Waals surface area contributed by atoms with Gasteiger partial charge in [0.15, 0.2) is 17.2 Å². The summed E-state index contributed by atoms with van der Waals surface area (Å²) in [7, 11) is 2.76. The second-order valence-corrected chi connectivity index (χ2v) is 6.51. The van der Waals surface area contributed by atoms with E-state index in [4.69, 9.17) is 30.5 Å². The van der Waals surface area contributed by atoms with E-state index in [2.05, 4.69) is 4.99 Å². The number of aliphatic imine (C=N–C) groups is 1. The SMILES string of the molecule is COc1cc(/C=C2\N=C(c3ccc(Cl)c([N+](=O)[O-])c3)OC2=O)cc(OC)c1OC(C)=O. The topological polar surface area (TPSA) is 127 Å². The van der Waals surface area contributed by atoms with Crippen LogP contribution in [0.1, 0.15) is 18.1 Å². The van der Waals surface area contributed by atoms with Crippen LogP contribution in [0, 0.1) is 10.1 Å². The normalized spacial score (nSPS) is 14.1. The van der Waals surface area contributed by atoms with Gasteiger partial charge >= 0.3 is 11.9 Å². The van der Waals surface area contributed by atoms with E-state index in [1.165, 1.54) is 51.5 Å². The Bertz CT molecular complexity index is 1130. The zero-order chi connectivity index (χ0) is 22.7. The van der Waals surface area contributed by atoms with E-state index in [0.717, 1.165) is 6.07 Å². The highest BCUT2D eigenvalue weighted by molar-refractivity contribution is 6.32. The lowest BCUT2D eigenvalue weighted by Crippen LogP contribution is -2.06. The number of rotatable bonds is 6. The molecule has 0 radical (unpaired) electrons. The molecule has 0 unspecified atom stereocenters. The molecule has 0 spiro atoms. The number of hydrogen-bond acceptors (Lipinski definition) is 9. The number of carbonyl (C=O) groups excluding carboxylic acids is 2. The van der Waals surface area contributed by atoms with Crippen LogP contribution in [0.3, 0.4) is 0 Å². The molecule has 0 atom stereocenters. The van der Waals surface area contributed by atoms with Crippen molar-refractivity contribution < 1.29 is 33.5 Å². The Labute approximate surface area is 180 Å². The predicted molar refractivity (Wildman–Crippen MR) is 110 cm³/mol. The third kappa shape index (κ3) is 4.64. The monoisotopic (exact) mass is 446 g/mol. The van der Waals surface area contributed by atoms with Gasteiger partial charge in [0.25, 0.3) is 5.69 Å².